The molecule has 1 aliphatic heterocycles. The Hall–Kier alpha value is -3.87. The number of carbonyl (C=O) groups is 3. The molecule has 1 heterocycles. The van der Waals surface area contributed by atoms with Crippen LogP contribution >= 0.6 is 0 Å². The number of hydrogen-bond acceptors (Lipinski definition) is 4. The summed E-state index contributed by atoms with van der Waals surface area (Å²) in [5.74, 6) is -0.516. The average molecular weight is 516 g/mol. The maximum Gasteiger partial charge on any atom is 0.410 e. The molecule has 3 aromatic rings. The third-order valence-corrected chi connectivity index (χ3v) is 6.69. The van der Waals surface area contributed by atoms with Gasteiger partial charge in [0.25, 0.3) is 0 Å². The number of nitrogens with zero attached hydrogens (tertiary/aromatic N) is 2. The van der Waals surface area contributed by atoms with Crippen molar-refractivity contribution >= 4 is 28.7 Å². The number of likely N-dealkylation sites (N-methyl/N-ethyl adjacent to an activating group) is 1. The lowest BCUT2D eigenvalue weighted by Crippen LogP contribution is -2.54. The van der Waals surface area contributed by atoms with Gasteiger partial charge < -0.3 is 15.0 Å². The molecule has 38 heavy (non-hydrogen) atoms. The highest BCUT2D eigenvalue weighted by Gasteiger charge is 2.38. The molecule has 0 bridgehead atoms. The van der Waals surface area contributed by atoms with Gasteiger partial charge in [-0.1, -0.05) is 72.8 Å². The largest absolute Gasteiger partial charge is 0.444 e. The average Bonchev–Trinajstić information content (AvgIpc) is 3.38. The number of fused-ring (bicyclic) bond motifs is 1. The molecule has 7 heteroatoms. The second-order valence-corrected chi connectivity index (χ2v) is 11.0. The Morgan fingerprint density at radius 3 is 2.37 bits per heavy atom. The summed E-state index contributed by atoms with van der Waals surface area (Å²) < 4.78 is 5.53. The fraction of sp³-hybridized carbons (Fsp3) is 0.387. The Kier molecular flexibility index (Phi) is 8.35. The molecule has 0 unspecified atom stereocenters. The lowest BCUT2D eigenvalue weighted by atomic mass is 10.00. The minimum absolute atomic E-state index is 0.183. The highest BCUT2D eigenvalue weighted by molar-refractivity contribution is 5.92. The van der Waals surface area contributed by atoms with E-state index in [2.05, 4.69) is 11.4 Å². The van der Waals surface area contributed by atoms with Crippen molar-refractivity contribution in [1.29, 1.82) is 0 Å². The van der Waals surface area contributed by atoms with E-state index in [-0.39, 0.29) is 11.8 Å². The van der Waals surface area contributed by atoms with E-state index in [9.17, 15) is 14.4 Å². The van der Waals surface area contributed by atoms with Crippen molar-refractivity contribution in [2.45, 2.75) is 64.3 Å². The Bertz CT molecular complexity index is 1290. The van der Waals surface area contributed by atoms with Gasteiger partial charge in [0.15, 0.2) is 0 Å². The molecule has 1 aliphatic rings. The molecule has 3 amide bonds. The van der Waals surface area contributed by atoms with E-state index in [4.69, 9.17) is 4.74 Å². The fourth-order valence-electron chi connectivity index (χ4n) is 4.85. The highest BCUT2D eigenvalue weighted by Crippen LogP contribution is 2.22. The van der Waals surface area contributed by atoms with E-state index in [0.29, 0.717) is 32.4 Å². The van der Waals surface area contributed by atoms with Gasteiger partial charge in [-0.3, -0.25) is 14.5 Å². The third kappa shape index (κ3) is 6.91. The van der Waals surface area contributed by atoms with Gasteiger partial charge in [-0.25, -0.2) is 4.79 Å². The molecule has 0 aliphatic carbocycles. The minimum atomic E-state index is -0.779. The summed E-state index contributed by atoms with van der Waals surface area (Å²) in [4.78, 5) is 43.1. The van der Waals surface area contributed by atoms with Crippen molar-refractivity contribution in [2.24, 2.45) is 0 Å². The molecule has 0 aromatic heterocycles. The van der Waals surface area contributed by atoms with Crippen molar-refractivity contribution in [1.82, 2.24) is 15.1 Å². The SMILES string of the molecule is CN(Cc1ccccc1)C(=O)[C@@H](Cc1ccc2ccccc2c1)NC(=O)[C@@H]1CCCN1C(=O)OC(C)(C)C. The van der Waals surface area contributed by atoms with Gasteiger partial charge in [0.2, 0.25) is 11.8 Å². The van der Waals surface area contributed by atoms with Gasteiger partial charge in [0.1, 0.15) is 17.7 Å². The van der Waals surface area contributed by atoms with Crippen LogP contribution in [0.2, 0.25) is 0 Å². The zero-order chi connectivity index (χ0) is 27.3. The fourth-order valence-corrected chi connectivity index (χ4v) is 4.85. The first kappa shape index (κ1) is 27.2. The number of ether oxygens (including phenoxy) is 1. The summed E-state index contributed by atoms with van der Waals surface area (Å²) in [5.41, 5.74) is 1.30. The molecule has 1 fully saturated rings. The molecule has 0 spiro atoms. The van der Waals surface area contributed by atoms with Crippen LogP contribution in [0.15, 0.2) is 72.8 Å². The van der Waals surface area contributed by atoms with Crippen molar-refractivity contribution < 1.29 is 19.1 Å². The van der Waals surface area contributed by atoms with Crippen molar-refractivity contribution in [3.05, 3.63) is 83.9 Å². The number of hydrogen-bond donors (Lipinski definition) is 1. The standard InChI is InChI=1S/C31H37N3O4/c1-31(2,3)38-30(37)34-18-10-15-27(34)28(35)32-26(29(36)33(4)21-22-11-6-5-7-12-22)20-23-16-17-24-13-8-9-14-25(24)19-23/h5-9,11-14,16-17,19,26-27H,10,15,18,20-21H2,1-4H3,(H,32,35)/t26-,27+/m1/s1. The van der Waals surface area contributed by atoms with Crippen molar-refractivity contribution in [3.63, 3.8) is 0 Å². The normalized spacial score (nSPS) is 16.2. The summed E-state index contributed by atoms with van der Waals surface area (Å²) in [5, 5.41) is 5.18. The van der Waals surface area contributed by atoms with Crippen LogP contribution < -0.4 is 5.32 Å². The Labute approximate surface area is 224 Å². The van der Waals surface area contributed by atoms with Crippen LogP contribution in [0.4, 0.5) is 4.79 Å². The molecule has 1 N–H and O–H groups in total. The topological polar surface area (TPSA) is 79.0 Å². The summed E-state index contributed by atoms with van der Waals surface area (Å²) in [6.45, 7) is 6.28. The van der Waals surface area contributed by atoms with E-state index >= 15 is 0 Å². The summed E-state index contributed by atoms with van der Waals surface area (Å²) >= 11 is 0. The molecular formula is C31H37N3O4. The lowest BCUT2D eigenvalue weighted by Gasteiger charge is -2.30. The third-order valence-electron chi connectivity index (χ3n) is 6.69. The molecule has 3 aromatic carbocycles. The van der Waals surface area contributed by atoms with Crippen LogP contribution in [0.3, 0.4) is 0 Å². The van der Waals surface area contributed by atoms with E-state index in [1.54, 1.807) is 32.7 Å². The van der Waals surface area contributed by atoms with Gasteiger partial charge in [-0.15, -0.1) is 0 Å². The number of nitrogens with one attached hydrogen (secondary N) is 1. The van der Waals surface area contributed by atoms with Gasteiger partial charge in [0.05, 0.1) is 0 Å². The van der Waals surface area contributed by atoms with Crippen molar-refractivity contribution in [2.75, 3.05) is 13.6 Å². The molecular weight excluding hydrogens is 478 g/mol. The number of rotatable bonds is 7. The quantitative estimate of drug-likeness (QED) is 0.484. The monoisotopic (exact) mass is 515 g/mol. The van der Waals surface area contributed by atoms with Gasteiger partial charge >= 0.3 is 6.09 Å². The minimum Gasteiger partial charge on any atom is -0.444 e. The van der Waals surface area contributed by atoms with E-state index < -0.39 is 23.8 Å². The van der Waals surface area contributed by atoms with E-state index in [0.717, 1.165) is 21.9 Å². The molecule has 200 valence electrons. The predicted molar refractivity (Wildman–Crippen MR) is 148 cm³/mol. The van der Waals surface area contributed by atoms with Crippen LogP contribution in [0.1, 0.15) is 44.7 Å². The molecule has 1 saturated heterocycles. The first-order valence-electron chi connectivity index (χ1n) is 13.2. The number of likely N-dealkylation sites (tertiary alicyclic amines) is 1. The first-order chi connectivity index (χ1) is 18.1. The lowest BCUT2D eigenvalue weighted by molar-refractivity contribution is -0.136. The zero-order valence-electron chi connectivity index (χ0n) is 22.6. The van der Waals surface area contributed by atoms with E-state index in [1.807, 2.05) is 66.7 Å². The predicted octanol–water partition coefficient (Wildman–Crippen LogP) is 4.93. The second-order valence-electron chi connectivity index (χ2n) is 11.0. The Balaban J connectivity index is 1.54. The van der Waals surface area contributed by atoms with Gasteiger partial charge in [-0.05, 0) is 55.5 Å². The summed E-state index contributed by atoms with van der Waals surface area (Å²) in [6, 6.07) is 22.4. The van der Waals surface area contributed by atoms with Crippen LogP contribution in [0.25, 0.3) is 10.8 Å². The van der Waals surface area contributed by atoms with Crippen LogP contribution in [-0.4, -0.2) is 59.0 Å². The van der Waals surface area contributed by atoms with Crippen LogP contribution in [-0.2, 0) is 27.3 Å². The van der Waals surface area contributed by atoms with Crippen LogP contribution in [0.5, 0.6) is 0 Å². The van der Waals surface area contributed by atoms with Crippen molar-refractivity contribution in [3.8, 4) is 0 Å². The Morgan fingerprint density at radius 1 is 0.974 bits per heavy atom. The molecule has 0 saturated carbocycles. The highest BCUT2D eigenvalue weighted by atomic mass is 16.6. The molecule has 4 rings (SSSR count). The molecule has 7 nitrogen and oxygen atoms in total. The maximum atomic E-state index is 13.7. The molecule has 0 radical (unpaired) electrons. The van der Waals surface area contributed by atoms with Gasteiger partial charge in [0, 0.05) is 26.6 Å². The zero-order valence-corrected chi connectivity index (χ0v) is 22.6. The first-order valence-corrected chi connectivity index (χ1v) is 13.2. The molecule has 2 atom stereocenters. The number of benzene rings is 3. The van der Waals surface area contributed by atoms with E-state index in [1.165, 1.54) is 4.90 Å². The number of amides is 3. The van der Waals surface area contributed by atoms with Gasteiger partial charge in [-0.2, -0.15) is 0 Å². The second kappa shape index (κ2) is 11.7. The summed E-state index contributed by atoms with van der Waals surface area (Å²) in [7, 11) is 1.75. The number of carbonyl (C=O) groups excluding carboxylic acids is 3. The summed E-state index contributed by atoms with van der Waals surface area (Å²) in [6.07, 6.45) is 1.07. The smallest absolute Gasteiger partial charge is 0.410 e. The van der Waals surface area contributed by atoms with Crippen LogP contribution in [0, 0.1) is 0 Å². The maximum absolute atomic E-state index is 13.7. The Morgan fingerprint density at radius 2 is 1.66 bits per heavy atom.